The van der Waals surface area contributed by atoms with E-state index in [0.29, 0.717) is 6.42 Å². The van der Waals surface area contributed by atoms with Crippen LogP contribution in [0.15, 0.2) is 12.2 Å². The molecule has 88 valence electrons. The van der Waals surface area contributed by atoms with Crippen LogP contribution >= 0.6 is 23.2 Å². The zero-order valence-electron chi connectivity index (χ0n) is 8.44. The van der Waals surface area contributed by atoms with E-state index in [0.717, 1.165) is 0 Å². The zero-order chi connectivity index (χ0) is 12.1. The van der Waals surface area contributed by atoms with Crippen molar-refractivity contribution in [3.05, 3.63) is 12.2 Å². The Bertz CT molecular complexity index is 394. The van der Waals surface area contributed by atoms with Gasteiger partial charge in [0, 0.05) is 11.8 Å². The molecule has 0 aliphatic heterocycles. The van der Waals surface area contributed by atoms with Gasteiger partial charge in [0.2, 0.25) is 0 Å². The third kappa shape index (κ3) is 1.07. The first-order chi connectivity index (χ1) is 7.39. The molecular formula is C10H10Cl2O4. The van der Waals surface area contributed by atoms with Crippen LogP contribution in [-0.2, 0) is 14.3 Å². The van der Waals surface area contributed by atoms with Crippen molar-refractivity contribution in [2.75, 3.05) is 7.11 Å². The van der Waals surface area contributed by atoms with Gasteiger partial charge in [0.25, 0.3) is 0 Å². The number of alkyl halides is 2. The molecule has 2 rings (SSSR count). The van der Waals surface area contributed by atoms with Crippen LogP contribution in [0, 0.1) is 11.8 Å². The molecule has 2 bridgehead atoms. The van der Waals surface area contributed by atoms with Crippen molar-refractivity contribution in [1.29, 1.82) is 0 Å². The summed E-state index contributed by atoms with van der Waals surface area (Å²) < 4.78 is 4.58. The first-order valence-corrected chi connectivity index (χ1v) is 5.52. The minimum Gasteiger partial charge on any atom is -0.480 e. The van der Waals surface area contributed by atoms with Crippen LogP contribution in [0.1, 0.15) is 6.42 Å². The van der Waals surface area contributed by atoms with Gasteiger partial charge in [0.1, 0.15) is 0 Å². The molecule has 0 aromatic rings. The number of rotatable bonds is 2. The topological polar surface area (TPSA) is 63.6 Å². The Morgan fingerprint density at radius 3 is 2.25 bits per heavy atom. The summed E-state index contributed by atoms with van der Waals surface area (Å²) >= 11 is 12.3. The molecule has 1 N–H and O–H groups in total. The van der Waals surface area contributed by atoms with Gasteiger partial charge in [0.15, 0.2) is 9.75 Å². The number of hydrogen-bond donors (Lipinski definition) is 1. The average molecular weight is 265 g/mol. The molecule has 0 amide bonds. The molecule has 1 saturated carbocycles. The third-order valence-corrected chi connectivity index (χ3v) is 5.00. The molecule has 0 aromatic heterocycles. The lowest BCUT2D eigenvalue weighted by molar-refractivity contribution is -0.152. The molecule has 4 atom stereocenters. The van der Waals surface area contributed by atoms with Crippen LogP contribution in [0.2, 0.25) is 0 Å². The summed E-state index contributed by atoms with van der Waals surface area (Å²) in [4.78, 5) is 19.5. The molecule has 2 aliphatic rings. The number of allylic oxidation sites excluding steroid dienone is 2. The van der Waals surface area contributed by atoms with E-state index in [1.807, 2.05) is 0 Å². The Hall–Kier alpha value is -0.740. The lowest BCUT2D eigenvalue weighted by atomic mass is 9.81. The largest absolute Gasteiger partial charge is 0.480 e. The van der Waals surface area contributed by atoms with E-state index in [1.165, 1.54) is 7.11 Å². The molecule has 2 aliphatic carbocycles. The van der Waals surface area contributed by atoms with Crippen LogP contribution in [0.25, 0.3) is 0 Å². The van der Waals surface area contributed by atoms with Crippen LogP contribution < -0.4 is 0 Å². The molecule has 4 nitrogen and oxygen atoms in total. The van der Waals surface area contributed by atoms with Gasteiger partial charge in [-0.3, -0.25) is 9.59 Å². The maximum atomic E-state index is 11.7. The summed E-state index contributed by atoms with van der Waals surface area (Å²) in [7, 11) is 1.17. The summed E-state index contributed by atoms with van der Waals surface area (Å²) in [6.45, 7) is 0. The van der Waals surface area contributed by atoms with E-state index in [9.17, 15) is 14.7 Å². The van der Waals surface area contributed by atoms with Crippen LogP contribution in [0.4, 0.5) is 0 Å². The average Bonchev–Trinajstić information content (AvgIpc) is 2.80. The number of methoxy groups -OCH3 is 1. The standard InChI is InChI=1S/C10H10Cl2O4/c1-16-8(15)10(12)6-3-2-5(4-6)9(10,11)7(13)14/h2-3,5-6H,4H2,1H3,(H,13,14). The van der Waals surface area contributed by atoms with Crippen molar-refractivity contribution in [3.8, 4) is 0 Å². The highest BCUT2D eigenvalue weighted by Crippen LogP contribution is 2.60. The van der Waals surface area contributed by atoms with Gasteiger partial charge >= 0.3 is 11.9 Å². The van der Waals surface area contributed by atoms with Gasteiger partial charge in [-0.05, 0) is 6.42 Å². The Balaban J connectivity index is 2.55. The predicted molar refractivity (Wildman–Crippen MR) is 57.6 cm³/mol. The highest BCUT2D eigenvalue weighted by Gasteiger charge is 2.73. The number of carbonyl (C=O) groups excluding carboxylic acids is 1. The minimum atomic E-state index is -1.82. The van der Waals surface area contributed by atoms with Gasteiger partial charge in [0.05, 0.1) is 7.11 Å². The fourth-order valence-electron chi connectivity index (χ4n) is 2.59. The molecule has 0 aromatic carbocycles. The Labute approximate surface area is 102 Å². The molecule has 0 radical (unpaired) electrons. The van der Waals surface area contributed by atoms with Gasteiger partial charge in [-0.2, -0.15) is 0 Å². The summed E-state index contributed by atoms with van der Waals surface area (Å²) in [5, 5.41) is 9.22. The van der Waals surface area contributed by atoms with Crippen LogP contribution in [-0.4, -0.2) is 33.9 Å². The van der Waals surface area contributed by atoms with Gasteiger partial charge in [-0.25, -0.2) is 0 Å². The van der Waals surface area contributed by atoms with Crippen molar-refractivity contribution < 1.29 is 19.4 Å². The normalized spacial score (nSPS) is 44.7. The molecule has 6 heteroatoms. The number of ether oxygens (including phenoxy) is 1. The van der Waals surface area contributed by atoms with Crippen molar-refractivity contribution >= 4 is 35.1 Å². The lowest BCUT2D eigenvalue weighted by Gasteiger charge is -2.37. The molecule has 1 fully saturated rings. The number of carboxylic acids is 1. The van der Waals surface area contributed by atoms with Gasteiger partial charge in [-0.15, -0.1) is 23.2 Å². The summed E-state index contributed by atoms with van der Waals surface area (Å²) in [6, 6.07) is 0. The van der Waals surface area contributed by atoms with Crippen LogP contribution in [0.5, 0.6) is 0 Å². The number of esters is 1. The second-order valence-electron chi connectivity index (χ2n) is 4.05. The maximum absolute atomic E-state index is 11.7. The molecular weight excluding hydrogens is 255 g/mol. The van der Waals surface area contributed by atoms with Crippen molar-refractivity contribution in [1.82, 2.24) is 0 Å². The number of halogens is 2. The maximum Gasteiger partial charge on any atom is 0.330 e. The Morgan fingerprint density at radius 2 is 1.81 bits per heavy atom. The van der Waals surface area contributed by atoms with Crippen molar-refractivity contribution in [2.45, 2.75) is 16.2 Å². The van der Waals surface area contributed by atoms with E-state index in [1.54, 1.807) is 12.2 Å². The van der Waals surface area contributed by atoms with Crippen molar-refractivity contribution in [3.63, 3.8) is 0 Å². The van der Waals surface area contributed by atoms with E-state index in [4.69, 9.17) is 23.2 Å². The number of aliphatic carboxylic acids is 1. The van der Waals surface area contributed by atoms with Gasteiger partial charge in [-0.1, -0.05) is 12.2 Å². The van der Waals surface area contributed by atoms with E-state index in [-0.39, 0.29) is 5.92 Å². The first kappa shape index (κ1) is 11.7. The van der Waals surface area contributed by atoms with Gasteiger partial charge < -0.3 is 9.84 Å². The smallest absolute Gasteiger partial charge is 0.330 e. The zero-order valence-corrected chi connectivity index (χ0v) is 9.96. The highest BCUT2D eigenvalue weighted by atomic mass is 35.5. The number of carboxylic acid groups (broad SMARTS) is 1. The number of carbonyl (C=O) groups is 2. The monoisotopic (exact) mass is 264 g/mol. The molecule has 16 heavy (non-hydrogen) atoms. The number of hydrogen-bond acceptors (Lipinski definition) is 3. The predicted octanol–water partition coefficient (Wildman–Crippen LogP) is 1.41. The second-order valence-corrected chi connectivity index (χ2v) is 5.25. The Morgan fingerprint density at radius 1 is 1.31 bits per heavy atom. The fraction of sp³-hybridized carbons (Fsp3) is 0.600. The minimum absolute atomic E-state index is 0.389. The summed E-state index contributed by atoms with van der Waals surface area (Å²) in [6.07, 6.45) is 3.90. The summed E-state index contributed by atoms with van der Waals surface area (Å²) in [5.74, 6) is -2.90. The fourth-order valence-corrected chi connectivity index (χ4v) is 3.43. The van der Waals surface area contributed by atoms with E-state index >= 15 is 0 Å². The highest BCUT2D eigenvalue weighted by molar-refractivity contribution is 6.48. The SMILES string of the molecule is COC(=O)C1(Cl)C2C=CC(C2)C1(Cl)C(=O)O. The first-order valence-electron chi connectivity index (χ1n) is 4.77. The molecule has 0 spiro atoms. The lowest BCUT2D eigenvalue weighted by Crippen LogP contribution is -2.59. The van der Waals surface area contributed by atoms with E-state index < -0.39 is 27.6 Å². The van der Waals surface area contributed by atoms with Crippen LogP contribution in [0.3, 0.4) is 0 Å². The Kier molecular flexibility index (Phi) is 2.48. The third-order valence-electron chi connectivity index (χ3n) is 3.43. The second kappa shape index (κ2) is 3.37. The quantitative estimate of drug-likeness (QED) is 0.465. The molecule has 0 heterocycles. The number of fused-ring (bicyclic) bond motifs is 2. The van der Waals surface area contributed by atoms with Crippen molar-refractivity contribution in [2.24, 2.45) is 11.8 Å². The van der Waals surface area contributed by atoms with E-state index in [2.05, 4.69) is 4.74 Å². The summed E-state index contributed by atoms with van der Waals surface area (Å²) in [5.41, 5.74) is 0. The molecule has 0 saturated heterocycles. The molecule has 4 unspecified atom stereocenters.